The van der Waals surface area contributed by atoms with Crippen molar-refractivity contribution >= 4 is 18.3 Å². The first-order valence-electron chi connectivity index (χ1n) is 5.20. The summed E-state index contributed by atoms with van der Waals surface area (Å²) in [5.74, 6) is 0.947. The summed E-state index contributed by atoms with van der Waals surface area (Å²) < 4.78 is 10.8. The molecule has 1 heterocycles. The maximum Gasteiger partial charge on any atom is 0.255 e. The third-order valence-corrected chi connectivity index (χ3v) is 2.24. The molecule has 1 aromatic carbocycles. The van der Waals surface area contributed by atoms with Gasteiger partial charge in [0.1, 0.15) is 13.2 Å². The lowest BCUT2D eigenvalue weighted by Gasteiger charge is -2.20. The minimum absolute atomic E-state index is 0. The van der Waals surface area contributed by atoms with E-state index in [9.17, 15) is 4.79 Å². The zero-order chi connectivity index (χ0) is 11.4. The van der Waals surface area contributed by atoms with Gasteiger partial charge in [-0.05, 0) is 12.1 Å². The van der Waals surface area contributed by atoms with E-state index >= 15 is 0 Å². The molecule has 0 atom stereocenters. The molecule has 0 unspecified atom stereocenters. The van der Waals surface area contributed by atoms with Gasteiger partial charge in [0.25, 0.3) is 5.91 Å². The number of carbonyl (C=O) groups is 1. The number of para-hydroxylation sites is 1. The van der Waals surface area contributed by atoms with Crippen molar-refractivity contribution < 1.29 is 14.3 Å². The number of halogens is 1. The average molecular weight is 259 g/mol. The van der Waals surface area contributed by atoms with E-state index in [1.807, 2.05) is 0 Å². The van der Waals surface area contributed by atoms with Crippen LogP contribution in [0.3, 0.4) is 0 Å². The highest BCUT2D eigenvalue weighted by Gasteiger charge is 2.19. The van der Waals surface area contributed by atoms with E-state index in [0.717, 1.165) is 0 Å². The lowest BCUT2D eigenvalue weighted by molar-refractivity contribution is 0.0943. The van der Waals surface area contributed by atoms with Gasteiger partial charge in [-0.1, -0.05) is 6.07 Å². The summed E-state index contributed by atoms with van der Waals surface area (Å²) in [6.07, 6.45) is 0. The van der Waals surface area contributed by atoms with Crippen LogP contribution in [0.2, 0.25) is 0 Å². The molecule has 0 spiro atoms. The Labute approximate surface area is 106 Å². The summed E-state index contributed by atoms with van der Waals surface area (Å²) in [7, 11) is 0. The SMILES string of the molecule is Cl.NCCNC(=O)c1cccc2c1OCCO2. The van der Waals surface area contributed by atoms with Crippen LogP contribution in [0.25, 0.3) is 0 Å². The molecule has 0 radical (unpaired) electrons. The van der Waals surface area contributed by atoms with E-state index in [1.165, 1.54) is 0 Å². The predicted octanol–water partition coefficient (Wildman–Crippen LogP) is 0.568. The number of nitrogens with one attached hydrogen (secondary N) is 1. The summed E-state index contributed by atoms with van der Waals surface area (Å²) in [5.41, 5.74) is 5.81. The van der Waals surface area contributed by atoms with E-state index in [4.69, 9.17) is 15.2 Å². The number of fused-ring (bicyclic) bond motifs is 1. The van der Waals surface area contributed by atoms with Crippen molar-refractivity contribution in [3.8, 4) is 11.5 Å². The maximum absolute atomic E-state index is 11.8. The van der Waals surface area contributed by atoms with Crippen molar-refractivity contribution in [2.45, 2.75) is 0 Å². The molecule has 1 aliphatic heterocycles. The number of nitrogens with two attached hydrogens (primary N) is 1. The van der Waals surface area contributed by atoms with Crippen LogP contribution in [0.15, 0.2) is 18.2 Å². The van der Waals surface area contributed by atoms with Crippen LogP contribution in [-0.4, -0.2) is 32.2 Å². The minimum atomic E-state index is -0.187. The Morgan fingerprint density at radius 2 is 2.12 bits per heavy atom. The number of carbonyl (C=O) groups excluding carboxylic acids is 1. The summed E-state index contributed by atoms with van der Waals surface area (Å²) in [6, 6.07) is 5.26. The van der Waals surface area contributed by atoms with Crippen LogP contribution in [0.5, 0.6) is 11.5 Å². The van der Waals surface area contributed by atoms with Crippen molar-refractivity contribution in [2.75, 3.05) is 26.3 Å². The lowest BCUT2D eigenvalue weighted by Crippen LogP contribution is -2.30. The van der Waals surface area contributed by atoms with Crippen molar-refractivity contribution in [2.24, 2.45) is 5.73 Å². The zero-order valence-electron chi connectivity index (χ0n) is 9.27. The van der Waals surface area contributed by atoms with Gasteiger partial charge in [-0.15, -0.1) is 12.4 Å². The largest absolute Gasteiger partial charge is 0.486 e. The van der Waals surface area contributed by atoms with Gasteiger partial charge >= 0.3 is 0 Å². The molecular weight excluding hydrogens is 244 g/mol. The molecule has 0 saturated heterocycles. The van der Waals surface area contributed by atoms with Gasteiger partial charge in [0.15, 0.2) is 11.5 Å². The average Bonchev–Trinajstić information content (AvgIpc) is 2.35. The smallest absolute Gasteiger partial charge is 0.255 e. The van der Waals surface area contributed by atoms with Gasteiger partial charge in [-0.2, -0.15) is 0 Å². The summed E-state index contributed by atoms with van der Waals surface area (Å²) >= 11 is 0. The molecule has 3 N–H and O–H groups in total. The molecule has 2 rings (SSSR count). The Bertz CT molecular complexity index is 398. The molecule has 0 aromatic heterocycles. The van der Waals surface area contributed by atoms with Crippen LogP contribution in [0, 0.1) is 0 Å². The molecule has 1 amide bonds. The van der Waals surface area contributed by atoms with Crippen LogP contribution in [-0.2, 0) is 0 Å². The molecule has 0 fully saturated rings. The van der Waals surface area contributed by atoms with Crippen molar-refractivity contribution in [3.63, 3.8) is 0 Å². The van der Waals surface area contributed by atoms with Gasteiger partial charge < -0.3 is 20.5 Å². The number of rotatable bonds is 3. The number of hydrogen-bond donors (Lipinski definition) is 2. The van der Waals surface area contributed by atoms with E-state index in [1.54, 1.807) is 18.2 Å². The molecule has 6 heteroatoms. The number of benzene rings is 1. The summed E-state index contributed by atoms with van der Waals surface area (Å²) in [4.78, 5) is 11.8. The third-order valence-electron chi connectivity index (χ3n) is 2.24. The van der Waals surface area contributed by atoms with Crippen molar-refractivity contribution in [1.82, 2.24) is 5.32 Å². The molecule has 0 saturated carbocycles. The fraction of sp³-hybridized carbons (Fsp3) is 0.364. The summed E-state index contributed by atoms with van der Waals surface area (Å²) in [5, 5.41) is 2.70. The number of ether oxygens (including phenoxy) is 2. The number of amides is 1. The van der Waals surface area contributed by atoms with Crippen LogP contribution in [0.4, 0.5) is 0 Å². The molecule has 5 nitrogen and oxygen atoms in total. The molecular formula is C11H15ClN2O3. The highest BCUT2D eigenvalue weighted by molar-refractivity contribution is 5.97. The second-order valence-corrected chi connectivity index (χ2v) is 3.37. The Hall–Kier alpha value is -1.46. The van der Waals surface area contributed by atoms with Crippen LogP contribution in [0.1, 0.15) is 10.4 Å². The van der Waals surface area contributed by atoms with Crippen LogP contribution < -0.4 is 20.5 Å². The summed E-state index contributed by atoms with van der Waals surface area (Å²) in [6.45, 7) is 1.84. The standard InChI is InChI=1S/C11H14N2O3.ClH/c12-4-5-13-11(14)8-2-1-3-9-10(8)16-7-6-15-9;/h1-3H,4-7,12H2,(H,13,14);1H. The second-order valence-electron chi connectivity index (χ2n) is 3.37. The normalized spacial score (nSPS) is 12.5. The number of hydrogen-bond acceptors (Lipinski definition) is 4. The van der Waals surface area contributed by atoms with Gasteiger partial charge in [-0.25, -0.2) is 0 Å². The zero-order valence-corrected chi connectivity index (χ0v) is 10.1. The van der Waals surface area contributed by atoms with Crippen molar-refractivity contribution in [3.05, 3.63) is 23.8 Å². The van der Waals surface area contributed by atoms with Crippen LogP contribution >= 0.6 is 12.4 Å². The Morgan fingerprint density at radius 1 is 1.35 bits per heavy atom. The molecule has 0 bridgehead atoms. The van der Waals surface area contributed by atoms with Crippen molar-refractivity contribution in [1.29, 1.82) is 0 Å². The lowest BCUT2D eigenvalue weighted by atomic mass is 10.1. The highest BCUT2D eigenvalue weighted by atomic mass is 35.5. The second kappa shape index (κ2) is 6.32. The Balaban J connectivity index is 0.00000144. The Morgan fingerprint density at radius 3 is 2.88 bits per heavy atom. The first-order valence-corrected chi connectivity index (χ1v) is 5.20. The molecule has 0 aliphatic carbocycles. The van der Waals surface area contributed by atoms with E-state index in [-0.39, 0.29) is 18.3 Å². The molecule has 17 heavy (non-hydrogen) atoms. The quantitative estimate of drug-likeness (QED) is 0.831. The predicted molar refractivity (Wildman–Crippen MR) is 66.1 cm³/mol. The molecule has 94 valence electrons. The van der Waals surface area contributed by atoms with E-state index in [2.05, 4.69) is 5.32 Å². The molecule has 1 aromatic rings. The van der Waals surface area contributed by atoms with E-state index in [0.29, 0.717) is 43.4 Å². The van der Waals surface area contributed by atoms with Gasteiger partial charge in [0, 0.05) is 13.1 Å². The Kier molecular flexibility index (Phi) is 5.06. The first kappa shape index (κ1) is 13.6. The minimum Gasteiger partial charge on any atom is -0.486 e. The fourth-order valence-electron chi connectivity index (χ4n) is 1.53. The monoisotopic (exact) mass is 258 g/mol. The van der Waals surface area contributed by atoms with Gasteiger partial charge in [0.05, 0.1) is 5.56 Å². The maximum atomic E-state index is 11.8. The topological polar surface area (TPSA) is 73.6 Å². The third kappa shape index (κ3) is 3.01. The first-order chi connectivity index (χ1) is 7.83. The fourth-order valence-corrected chi connectivity index (χ4v) is 1.53. The highest BCUT2D eigenvalue weighted by Crippen LogP contribution is 2.33. The molecule has 1 aliphatic rings. The van der Waals surface area contributed by atoms with Gasteiger partial charge in [-0.3, -0.25) is 4.79 Å². The van der Waals surface area contributed by atoms with Gasteiger partial charge in [0.2, 0.25) is 0 Å². The van der Waals surface area contributed by atoms with E-state index < -0.39 is 0 Å².